The molecule has 1 aromatic rings. The smallest absolute Gasteiger partial charge is 0.0524 e. The Kier molecular flexibility index (Phi) is 4.60. The van der Waals surface area contributed by atoms with Crippen molar-refractivity contribution in [3.8, 4) is 0 Å². The molecule has 1 heterocycles. The molecule has 1 aliphatic carbocycles. The Labute approximate surface area is 105 Å². The van der Waals surface area contributed by atoms with Crippen molar-refractivity contribution in [2.45, 2.75) is 52.0 Å². The van der Waals surface area contributed by atoms with Gasteiger partial charge >= 0.3 is 0 Å². The summed E-state index contributed by atoms with van der Waals surface area (Å²) in [7, 11) is 0. The van der Waals surface area contributed by atoms with Gasteiger partial charge in [0.2, 0.25) is 0 Å². The predicted octanol–water partition coefficient (Wildman–Crippen LogP) is 2.79. The van der Waals surface area contributed by atoms with Crippen LogP contribution in [0.2, 0.25) is 0 Å². The fourth-order valence-electron chi connectivity index (χ4n) is 2.97. The first-order valence-electron chi connectivity index (χ1n) is 7.08. The number of rotatable bonds is 6. The lowest BCUT2D eigenvalue weighted by molar-refractivity contribution is 0.450. The van der Waals surface area contributed by atoms with Gasteiger partial charge in [-0.3, -0.25) is 4.68 Å². The second-order valence-corrected chi connectivity index (χ2v) is 5.14. The van der Waals surface area contributed by atoms with Crippen LogP contribution in [0.25, 0.3) is 0 Å². The molecule has 2 rings (SSSR count). The normalized spacial score (nSPS) is 24.4. The van der Waals surface area contributed by atoms with Crippen LogP contribution in [0.1, 0.15) is 51.0 Å². The van der Waals surface area contributed by atoms with Gasteiger partial charge in [-0.2, -0.15) is 5.10 Å². The van der Waals surface area contributed by atoms with E-state index in [0.29, 0.717) is 0 Å². The molecular formula is C14H25N3. The van der Waals surface area contributed by atoms with Crippen molar-refractivity contribution in [2.75, 3.05) is 13.1 Å². The van der Waals surface area contributed by atoms with Gasteiger partial charge in [0.05, 0.1) is 6.20 Å². The molecule has 0 bridgehead atoms. The lowest BCUT2D eigenvalue weighted by Gasteiger charge is -2.18. The molecule has 2 unspecified atom stereocenters. The highest BCUT2D eigenvalue weighted by molar-refractivity contribution is 5.14. The Morgan fingerprint density at radius 1 is 1.41 bits per heavy atom. The summed E-state index contributed by atoms with van der Waals surface area (Å²) in [4.78, 5) is 0. The predicted molar refractivity (Wildman–Crippen MR) is 71.1 cm³/mol. The Bertz CT molecular complexity index is 332. The summed E-state index contributed by atoms with van der Waals surface area (Å²) >= 11 is 0. The first-order chi connectivity index (χ1) is 8.35. The molecule has 0 saturated heterocycles. The maximum Gasteiger partial charge on any atom is 0.0524 e. The van der Waals surface area contributed by atoms with Gasteiger partial charge in [0.15, 0.2) is 0 Å². The molecule has 1 aromatic heterocycles. The summed E-state index contributed by atoms with van der Waals surface area (Å²) in [5, 5.41) is 7.96. The van der Waals surface area contributed by atoms with Gasteiger partial charge < -0.3 is 5.32 Å². The Morgan fingerprint density at radius 3 is 3.06 bits per heavy atom. The van der Waals surface area contributed by atoms with E-state index in [4.69, 9.17) is 0 Å². The molecule has 0 amide bonds. The zero-order chi connectivity index (χ0) is 12.1. The number of nitrogens with zero attached hydrogens (tertiary/aromatic N) is 2. The van der Waals surface area contributed by atoms with E-state index in [1.165, 1.54) is 31.4 Å². The van der Waals surface area contributed by atoms with Gasteiger partial charge in [-0.25, -0.2) is 0 Å². The first-order valence-corrected chi connectivity index (χ1v) is 7.08. The molecule has 96 valence electrons. The van der Waals surface area contributed by atoms with E-state index in [9.17, 15) is 0 Å². The highest BCUT2D eigenvalue weighted by Gasteiger charge is 2.28. The highest BCUT2D eigenvalue weighted by atomic mass is 15.3. The third-order valence-corrected chi connectivity index (χ3v) is 3.85. The second-order valence-electron chi connectivity index (χ2n) is 5.14. The molecule has 1 saturated carbocycles. The molecule has 3 heteroatoms. The third-order valence-electron chi connectivity index (χ3n) is 3.85. The number of nitrogens with one attached hydrogen (secondary N) is 1. The molecule has 2 atom stereocenters. The summed E-state index contributed by atoms with van der Waals surface area (Å²) in [5.41, 5.74) is 1.46. The molecule has 1 aliphatic rings. The number of hydrogen-bond donors (Lipinski definition) is 1. The lowest BCUT2D eigenvalue weighted by atomic mass is 9.91. The van der Waals surface area contributed by atoms with E-state index in [0.717, 1.165) is 31.3 Å². The van der Waals surface area contributed by atoms with Crippen LogP contribution in [0.4, 0.5) is 0 Å². The van der Waals surface area contributed by atoms with Gasteiger partial charge in [-0.15, -0.1) is 0 Å². The topological polar surface area (TPSA) is 29.9 Å². The first kappa shape index (κ1) is 12.6. The molecule has 0 radical (unpaired) electrons. The van der Waals surface area contributed by atoms with Crippen molar-refractivity contribution in [3.63, 3.8) is 0 Å². The molecule has 0 aromatic carbocycles. The summed E-state index contributed by atoms with van der Waals surface area (Å²) < 4.78 is 2.10. The van der Waals surface area contributed by atoms with Crippen LogP contribution in [0, 0.1) is 5.92 Å². The van der Waals surface area contributed by atoms with Crippen LogP contribution in [0.3, 0.4) is 0 Å². The largest absolute Gasteiger partial charge is 0.317 e. The van der Waals surface area contributed by atoms with Crippen LogP contribution in [-0.4, -0.2) is 22.9 Å². The summed E-state index contributed by atoms with van der Waals surface area (Å²) in [6, 6.07) is 0. The molecule has 0 spiro atoms. The average molecular weight is 235 g/mol. The third kappa shape index (κ3) is 3.09. The SMILES string of the molecule is CCCn1cc(C2CCCC2CNCC)cn1. The number of hydrogen-bond acceptors (Lipinski definition) is 2. The van der Waals surface area contributed by atoms with Crippen LogP contribution in [0.5, 0.6) is 0 Å². The molecular weight excluding hydrogens is 210 g/mol. The number of aromatic nitrogens is 2. The standard InChI is InChI=1S/C14H25N3/c1-3-8-17-11-13(10-16-17)14-7-5-6-12(14)9-15-4-2/h10-12,14-15H,3-9H2,1-2H3. The van der Waals surface area contributed by atoms with Crippen LogP contribution >= 0.6 is 0 Å². The van der Waals surface area contributed by atoms with Crippen molar-refractivity contribution in [2.24, 2.45) is 5.92 Å². The Morgan fingerprint density at radius 2 is 2.29 bits per heavy atom. The van der Waals surface area contributed by atoms with Gasteiger partial charge in [-0.05, 0) is 49.8 Å². The molecule has 0 aliphatic heterocycles. The Balaban J connectivity index is 1.98. The summed E-state index contributed by atoms with van der Waals surface area (Å²) in [6.07, 6.45) is 9.60. The van der Waals surface area contributed by atoms with Crippen LogP contribution < -0.4 is 5.32 Å². The summed E-state index contributed by atoms with van der Waals surface area (Å²) in [6.45, 7) is 7.68. The lowest BCUT2D eigenvalue weighted by Crippen LogP contribution is -2.24. The zero-order valence-corrected chi connectivity index (χ0v) is 11.2. The van der Waals surface area contributed by atoms with Crippen LogP contribution in [-0.2, 0) is 6.54 Å². The van der Waals surface area contributed by atoms with Crippen molar-refractivity contribution >= 4 is 0 Å². The highest BCUT2D eigenvalue weighted by Crippen LogP contribution is 2.38. The van der Waals surface area contributed by atoms with E-state index in [1.807, 2.05) is 0 Å². The van der Waals surface area contributed by atoms with Crippen molar-refractivity contribution in [1.29, 1.82) is 0 Å². The molecule has 3 nitrogen and oxygen atoms in total. The maximum atomic E-state index is 4.46. The minimum Gasteiger partial charge on any atom is -0.317 e. The van der Waals surface area contributed by atoms with E-state index in [1.54, 1.807) is 0 Å². The zero-order valence-electron chi connectivity index (χ0n) is 11.2. The average Bonchev–Trinajstić information content (AvgIpc) is 2.94. The minimum absolute atomic E-state index is 0.736. The van der Waals surface area contributed by atoms with Crippen molar-refractivity contribution in [1.82, 2.24) is 15.1 Å². The number of aryl methyl sites for hydroxylation is 1. The minimum atomic E-state index is 0.736. The van der Waals surface area contributed by atoms with Crippen molar-refractivity contribution in [3.05, 3.63) is 18.0 Å². The van der Waals surface area contributed by atoms with E-state index in [2.05, 4.69) is 41.3 Å². The van der Waals surface area contributed by atoms with E-state index < -0.39 is 0 Å². The molecule has 1 fully saturated rings. The van der Waals surface area contributed by atoms with E-state index in [-0.39, 0.29) is 0 Å². The monoisotopic (exact) mass is 235 g/mol. The van der Waals surface area contributed by atoms with Gasteiger partial charge in [0, 0.05) is 12.7 Å². The molecule has 1 N–H and O–H groups in total. The van der Waals surface area contributed by atoms with E-state index >= 15 is 0 Å². The fourth-order valence-corrected chi connectivity index (χ4v) is 2.97. The maximum absolute atomic E-state index is 4.46. The van der Waals surface area contributed by atoms with Gasteiger partial charge in [-0.1, -0.05) is 20.3 Å². The van der Waals surface area contributed by atoms with Gasteiger partial charge in [0.1, 0.15) is 0 Å². The van der Waals surface area contributed by atoms with Gasteiger partial charge in [0.25, 0.3) is 0 Å². The fraction of sp³-hybridized carbons (Fsp3) is 0.786. The van der Waals surface area contributed by atoms with Crippen LogP contribution in [0.15, 0.2) is 12.4 Å². The second kappa shape index (κ2) is 6.20. The quantitative estimate of drug-likeness (QED) is 0.821. The molecule has 17 heavy (non-hydrogen) atoms. The summed E-state index contributed by atoms with van der Waals surface area (Å²) in [5.74, 6) is 1.55. The Hall–Kier alpha value is -0.830. The van der Waals surface area contributed by atoms with Crippen molar-refractivity contribution < 1.29 is 0 Å².